The molecule has 0 unspecified atom stereocenters. The molecule has 0 radical (unpaired) electrons. The van der Waals surface area contributed by atoms with Crippen LogP contribution in [0, 0.1) is 5.41 Å². The van der Waals surface area contributed by atoms with E-state index in [1.54, 1.807) is 36.4 Å². The van der Waals surface area contributed by atoms with Gasteiger partial charge in [-0.15, -0.1) is 0 Å². The van der Waals surface area contributed by atoms with Crippen LogP contribution in [0.15, 0.2) is 66.7 Å². The Bertz CT molecular complexity index is 1250. The first kappa shape index (κ1) is 28.6. The van der Waals surface area contributed by atoms with Crippen molar-refractivity contribution in [3.63, 3.8) is 0 Å². The van der Waals surface area contributed by atoms with E-state index in [0.29, 0.717) is 34.2 Å². The lowest BCUT2D eigenvalue weighted by Crippen LogP contribution is -2.24. The lowest BCUT2D eigenvalue weighted by atomic mass is 9.72. The lowest BCUT2D eigenvalue weighted by molar-refractivity contribution is -0.118. The Kier molecular flexibility index (Phi) is 9.04. The third-order valence-corrected chi connectivity index (χ3v) is 6.06. The second-order valence-corrected chi connectivity index (χ2v) is 11.1. The molecule has 0 aliphatic rings. The van der Waals surface area contributed by atoms with E-state index < -0.39 is 0 Å². The molecule has 0 aliphatic heterocycles. The molecular weight excluding hydrogens is 480 g/mol. The van der Waals surface area contributed by atoms with Crippen LogP contribution < -0.4 is 24.8 Å². The van der Waals surface area contributed by atoms with Crippen molar-refractivity contribution in [1.29, 1.82) is 0 Å². The van der Waals surface area contributed by atoms with Crippen LogP contribution in [0.25, 0.3) is 0 Å². The molecule has 0 saturated heterocycles. The summed E-state index contributed by atoms with van der Waals surface area (Å²) in [6, 6.07) is 19.9. The topological polar surface area (TPSA) is 85.9 Å². The summed E-state index contributed by atoms with van der Waals surface area (Å²) in [5, 5.41) is 5.62. The molecule has 0 spiro atoms. The fourth-order valence-electron chi connectivity index (χ4n) is 4.64. The van der Waals surface area contributed by atoms with Crippen LogP contribution in [0.4, 0.5) is 11.4 Å². The zero-order valence-corrected chi connectivity index (χ0v) is 23.3. The first-order chi connectivity index (χ1) is 17.9. The Morgan fingerprint density at radius 1 is 0.763 bits per heavy atom. The molecular formula is C31H38N2O5. The van der Waals surface area contributed by atoms with Gasteiger partial charge < -0.3 is 24.8 Å². The SMILES string of the molecule is COc1cc(NC(=O)c2ccccc2)c(OC)cc1NC(=O)COc1ccc(C(C)(C)CC(C)(C)C)cc1. The molecule has 3 aromatic carbocycles. The summed E-state index contributed by atoms with van der Waals surface area (Å²) >= 11 is 0. The average Bonchev–Trinajstić information content (AvgIpc) is 2.87. The molecule has 2 amide bonds. The summed E-state index contributed by atoms with van der Waals surface area (Å²) in [5.41, 5.74) is 2.79. The van der Waals surface area contributed by atoms with Crippen LogP contribution in [-0.4, -0.2) is 32.6 Å². The maximum atomic E-state index is 12.7. The number of hydrogen-bond donors (Lipinski definition) is 2. The van der Waals surface area contributed by atoms with Gasteiger partial charge >= 0.3 is 0 Å². The van der Waals surface area contributed by atoms with Crippen molar-refractivity contribution in [3.05, 3.63) is 77.9 Å². The molecule has 3 rings (SSSR count). The van der Waals surface area contributed by atoms with E-state index in [4.69, 9.17) is 14.2 Å². The van der Waals surface area contributed by atoms with Crippen LogP contribution in [0.5, 0.6) is 17.2 Å². The van der Waals surface area contributed by atoms with Gasteiger partial charge in [0.05, 0.1) is 25.6 Å². The quantitative estimate of drug-likeness (QED) is 0.312. The Morgan fingerprint density at radius 3 is 1.84 bits per heavy atom. The highest BCUT2D eigenvalue weighted by molar-refractivity contribution is 6.05. The molecule has 7 nitrogen and oxygen atoms in total. The van der Waals surface area contributed by atoms with Crippen LogP contribution in [0.1, 0.15) is 57.0 Å². The summed E-state index contributed by atoms with van der Waals surface area (Å²) in [5.74, 6) is 0.708. The third kappa shape index (κ3) is 7.75. The standard InChI is InChI=1S/C31H38N2O5/c1-30(2,3)20-31(4,5)22-13-15-23(16-14-22)38-19-28(34)32-24-17-27(37-7)25(18-26(24)36-6)33-29(35)21-11-9-8-10-12-21/h8-18H,19-20H2,1-7H3,(H,32,34)(H,33,35). The summed E-state index contributed by atoms with van der Waals surface area (Å²) in [4.78, 5) is 25.3. The maximum absolute atomic E-state index is 12.7. The lowest BCUT2D eigenvalue weighted by Gasteiger charge is -2.33. The molecule has 0 aliphatic carbocycles. The van der Waals surface area contributed by atoms with E-state index in [-0.39, 0.29) is 29.3 Å². The number of nitrogens with one attached hydrogen (secondary N) is 2. The van der Waals surface area contributed by atoms with Crippen molar-refractivity contribution in [3.8, 4) is 17.2 Å². The van der Waals surface area contributed by atoms with Crippen molar-refractivity contribution in [2.45, 2.75) is 46.5 Å². The van der Waals surface area contributed by atoms with Crippen LogP contribution >= 0.6 is 0 Å². The molecule has 3 aromatic rings. The molecule has 38 heavy (non-hydrogen) atoms. The van der Waals surface area contributed by atoms with Gasteiger partial charge in [-0.2, -0.15) is 0 Å². The van der Waals surface area contributed by atoms with Crippen molar-refractivity contribution in [2.75, 3.05) is 31.5 Å². The number of rotatable bonds is 10. The average molecular weight is 519 g/mol. The van der Waals surface area contributed by atoms with E-state index in [9.17, 15) is 9.59 Å². The zero-order chi connectivity index (χ0) is 27.9. The highest BCUT2D eigenvalue weighted by atomic mass is 16.5. The summed E-state index contributed by atoms with van der Waals surface area (Å²) in [7, 11) is 2.97. The summed E-state index contributed by atoms with van der Waals surface area (Å²) in [6.45, 7) is 11.0. The first-order valence-corrected chi connectivity index (χ1v) is 12.6. The second-order valence-electron chi connectivity index (χ2n) is 11.1. The van der Waals surface area contributed by atoms with Gasteiger partial charge in [0.25, 0.3) is 11.8 Å². The van der Waals surface area contributed by atoms with Gasteiger partial charge in [0.2, 0.25) is 0 Å². The minimum atomic E-state index is -0.358. The molecule has 0 atom stereocenters. The van der Waals surface area contributed by atoms with Crippen LogP contribution in [0.2, 0.25) is 0 Å². The number of benzene rings is 3. The molecule has 0 bridgehead atoms. The number of carbonyl (C=O) groups is 2. The second kappa shape index (κ2) is 12.0. The van der Waals surface area contributed by atoms with Gasteiger partial charge in [0, 0.05) is 17.7 Å². The molecule has 0 fully saturated rings. The van der Waals surface area contributed by atoms with Gasteiger partial charge in [-0.05, 0) is 47.1 Å². The predicted molar refractivity (Wildman–Crippen MR) is 152 cm³/mol. The van der Waals surface area contributed by atoms with E-state index in [1.165, 1.54) is 19.8 Å². The van der Waals surface area contributed by atoms with Crippen molar-refractivity contribution >= 4 is 23.2 Å². The smallest absolute Gasteiger partial charge is 0.262 e. The number of carbonyl (C=O) groups excluding carboxylic acids is 2. The number of ether oxygens (including phenoxy) is 3. The number of methoxy groups -OCH3 is 2. The van der Waals surface area contributed by atoms with Gasteiger partial charge in [0.1, 0.15) is 17.2 Å². The van der Waals surface area contributed by atoms with Crippen molar-refractivity contribution in [2.24, 2.45) is 5.41 Å². The Hall–Kier alpha value is -4.00. The Labute approximate surface area is 225 Å². The minimum Gasteiger partial charge on any atom is -0.494 e. The van der Waals surface area contributed by atoms with E-state index in [0.717, 1.165) is 6.42 Å². The van der Waals surface area contributed by atoms with Gasteiger partial charge in [-0.3, -0.25) is 9.59 Å². The monoisotopic (exact) mass is 518 g/mol. The van der Waals surface area contributed by atoms with E-state index in [1.807, 2.05) is 18.2 Å². The highest BCUT2D eigenvalue weighted by Crippen LogP contribution is 2.38. The number of anilines is 2. The van der Waals surface area contributed by atoms with Crippen molar-refractivity contribution in [1.82, 2.24) is 0 Å². The fraction of sp³-hybridized carbons (Fsp3) is 0.355. The zero-order valence-electron chi connectivity index (χ0n) is 23.3. The summed E-state index contributed by atoms with van der Waals surface area (Å²) in [6.07, 6.45) is 1.04. The normalized spacial score (nSPS) is 11.4. The number of amides is 2. The fourth-order valence-corrected chi connectivity index (χ4v) is 4.64. The Balaban J connectivity index is 1.65. The van der Waals surface area contributed by atoms with Crippen molar-refractivity contribution < 1.29 is 23.8 Å². The maximum Gasteiger partial charge on any atom is 0.262 e. The molecule has 0 saturated carbocycles. The van der Waals surface area contributed by atoms with Gasteiger partial charge in [0.15, 0.2) is 6.61 Å². The third-order valence-electron chi connectivity index (χ3n) is 6.06. The van der Waals surface area contributed by atoms with Crippen LogP contribution in [-0.2, 0) is 10.2 Å². The predicted octanol–water partition coefficient (Wildman–Crippen LogP) is 6.69. The highest BCUT2D eigenvalue weighted by Gasteiger charge is 2.27. The van der Waals surface area contributed by atoms with E-state index in [2.05, 4.69) is 57.4 Å². The van der Waals surface area contributed by atoms with Crippen LogP contribution in [0.3, 0.4) is 0 Å². The molecule has 7 heteroatoms. The van der Waals surface area contributed by atoms with Gasteiger partial charge in [-0.25, -0.2) is 0 Å². The van der Waals surface area contributed by atoms with Gasteiger partial charge in [-0.1, -0.05) is 65.0 Å². The first-order valence-electron chi connectivity index (χ1n) is 12.6. The molecule has 0 aromatic heterocycles. The molecule has 0 heterocycles. The molecule has 202 valence electrons. The summed E-state index contributed by atoms with van der Waals surface area (Å²) < 4.78 is 16.6. The molecule has 2 N–H and O–H groups in total. The van der Waals surface area contributed by atoms with E-state index >= 15 is 0 Å². The Morgan fingerprint density at radius 2 is 1.32 bits per heavy atom. The largest absolute Gasteiger partial charge is 0.494 e. The number of hydrogen-bond acceptors (Lipinski definition) is 5. The minimum absolute atomic E-state index is 0.0243.